The number of nitrogen functional groups attached to an aromatic ring is 1. The maximum absolute atomic E-state index is 13.7. The molecule has 1 aliphatic rings. The van der Waals surface area contributed by atoms with Crippen molar-refractivity contribution >= 4 is 17.7 Å². The number of carboxylic acids is 1. The van der Waals surface area contributed by atoms with Crippen molar-refractivity contribution in [3.8, 4) is 0 Å². The number of amides is 1. The van der Waals surface area contributed by atoms with Gasteiger partial charge >= 0.3 is 18.2 Å². The van der Waals surface area contributed by atoms with Gasteiger partial charge in [-0.1, -0.05) is 6.92 Å². The first-order valence-electron chi connectivity index (χ1n) is 9.69. The molecule has 0 bridgehead atoms. The molecule has 0 spiro atoms. The van der Waals surface area contributed by atoms with Gasteiger partial charge in [-0.15, -0.1) is 0 Å². The van der Waals surface area contributed by atoms with E-state index >= 15 is 0 Å². The van der Waals surface area contributed by atoms with Crippen LogP contribution < -0.4 is 5.73 Å². The van der Waals surface area contributed by atoms with E-state index in [0.29, 0.717) is 32.2 Å². The fourth-order valence-electron chi connectivity index (χ4n) is 3.45. The predicted molar refractivity (Wildman–Crippen MR) is 105 cm³/mol. The molecule has 0 aromatic heterocycles. The Morgan fingerprint density at radius 2 is 1.70 bits per heavy atom. The van der Waals surface area contributed by atoms with Gasteiger partial charge in [-0.05, 0) is 44.4 Å². The highest BCUT2D eigenvalue weighted by Crippen LogP contribution is 2.38. The van der Waals surface area contributed by atoms with Crippen LogP contribution in [0.15, 0.2) is 6.07 Å². The van der Waals surface area contributed by atoms with Crippen LogP contribution in [0.3, 0.4) is 0 Å². The maximum Gasteiger partial charge on any atom is 0.416 e. The standard InChI is InChI=1S/C20H28F3N3O4/c1-5-12-14(15(20(21,22)23)10-13(16(12)24)17(27)28)11-25-6-8-26(9-7-25)18(29)30-19(2,3)4/h10H,5-9,11,24H2,1-4H3,(H,27,28). The zero-order valence-electron chi connectivity index (χ0n) is 17.6. The largest absolute Gasteiger partial charge is 0.478 e. The van der Waals surface area contributed by atoms with E-state index in [1.54, 1.807) is 32.6 Å². The highest BCUT2D eigenvalue weighted by Gasteiger charge is 2.37. The molecule has 2 rings (SSSR count). The SMILES string of the molecule is CCc1c(N)c(C(=O)O)cc(C(F)(F)F)c1CN1CCN(C(=O)OC(C)(C)C)CC1. The summed E-state index contributed by atoms with van der Waals surface area (Å²) >= 11 is 0. The molecule has 1 aliphatic heterocycles. The van der Waals surface area contributed by atoms with Gasteiger partial charge in [-0.25, -0.2) is 9.59 Å². The third-order valence-electron chi connectivity index (χ3n) is 4.89. The van der Waals surface area contributed by atoms with Gasteiger partial charge in [0.2, 0.25) is 0 Å². The van der Waals surface area contributed by atoms with Gasteiger partial charge in [0, 0.05) is 38.4 Å². The molecule has 0 atom stereocenters. The fraction of sp³-hybridized carbons (Fsp3) is 0.600. The number of piperazine rings is 1. The lowest BCUT2D eigenvalue weighted by Crippen LogP contribution is -2.49. The number of aromatic carboxylic acids is 1. The number of rotatable bonds is 4. The monoisotopic (exact) mass is 431 g/mol. The van der Waals surface area contributed by atoms with Crippen molar-refractivity contribution < 1.29 is 32.6 Å². The van der Waals surface area contributed by atoms with Crippen LogP contribution in [-0.4, -0.2) is 58.7 Å². The maximum atomic E-state index is 13.7. The second kappa shape index (κ2) is 8.71. The third kappa shape index (κ3) is 5.56. The lowest BCUT2D eigenvalue weighted by Gasteiger charge is -2.36. The van der Waals surface area contributed by atoms with Crippen molar-refractivity contribution in [3.05, 3.63) is 28.3 Å². The van der Waals surface area contributed by atoms with Gasteiger partial charge in [0.1, 0.15) is 5.60 Å². The van der Waals surface area contributed by atoms with Crippen molar-refractivity contribution in [1.29, 1.82) is 0 Å². The van der Waals surface area contributed by atoms with Crippen LogP contribution in [0.25, 0.3) is 0 Å². The number of carbonyl (C=O) groups is 2. The normalized spacial score (nSPS) is 15.9. The van der Waals surface area contributed by atoms with Crippen molar-refractivity contribution in [1.82, 2.24) is 9.80 Å². The summed E-state index contributed by atoms with van der Waals surface area (Å²) in [5, 5.41) is 9.24. The Morgan fingerprint density at radius 3 is 2.13 bits per heavy atom. The number of nitrogens with zero attached hydrogens (tertiary/aromatic N) is 2. The molecular weight excluding hydrogens is 403 g/mol. The molecule has 10 heteroatoms. The quantitative estimate of drug-likeness (QED) is 0.708. The molecule has 1 amide bonds. The molecule has 30 heavy (non-hydrogen) atoms. The van der Waals surface area contributed by atoms with Crippen molar-refractivity contribution in [2.24, 2.45) is 0 Å². The Bertz CT molecular complexity index is 811. The number of hydrogen-bond donors (Lipinski definition) is 2. The highest BCUT2D eigenvalue weighted by molar-refractivity contribution is 5.95. The molecule has 0 unspecified atom stereocenters. The number of carbonyl (C=O) groups excluding carboxylic acids is 1. The Morgan fingerprint density at radius 1 is 1.13 bits per heavy atom. The second-order valence-corrected chi connectivity index (χ2v) is 8.24. The third-order valence-corrected chi connectivity index (χ3v) is 4.89. The molecule has 1 aromatic carbocycles. The highest BCUT2D eigenvalue weighted by atomic mass is 19.4. The number of benzene rings is 1. The minimum absolute atomic E-state index is 0.0155. The van der Waals surface area contributed by atoms with E-state index in [4.69, 9.17) is 10.5 Å². The first-order valence-corrected chi connectivity index (χ1v) is 9.69. The summed E-state index contributed by atoms with van der Waals surface area (Å²) in [6.07, 6.45) is -5.00. The van der Waals surface area contributed by atoms with Gasteiger partial charge in [-0.2, -0.15) is 13.2 Å². The fourth-order valence-corrected chi connectivity index (χ4v) is 3.45. The van der Waals surface area contributed by atoms with Gasteiger partial charge in [0.05, 0.1) is 11.1 Å². The average molecular weight is 431 g/mol. The smallest absolute Gasteiger partial charge is 0.416 e. The van der Waals surface area contributed by atoms with E-state index < -0.39 is 35.0 Å². The van der Waals surface area contributed by atoms with Gasteiger partial charge < -0.3 is 20.5 Å². The molecule has 1 aromatic rings. The molecule has 0 radical (unpaired) electrons. The van der Waals surface area contributed by atoms with E-state index in [1.165, 1.54) is 4.90 Å². The van der Waals surface area contributed by atoms with Crippen LogP contribution in [-0.2, 0) is 23.9 Å². The Hall–Kier alpha value is -2.49. The summed E-state index contributed by atoms with van der Waals surface area (Å²) in [7, 11) is 0. The molecule has 1 heterocycles. The molecular formula is C20H28F3N3O4. The van der Waals surface area contributed by atoms with Crippen molar-refractivity contribution in [2.45, 2.75) is 52.4 Å². The van der Waals surface area contributed by atoms with Crippen LogP contribution in [0.4, 0.5) is 23.7 Å². The Kier molecular flexibility index (Phi) is 6.90. The summed E-state index contributed by atoms with van der Waals surface area (Å²) < 4.78 is 46.4. The van der Waals surface area contributed by atoms with E-state index in [-0.39, 0.29) is 29.8 Å². The lowest BCUT2D eigenvalue weighted by molar-refractivity contribution is -0.138. The number of ether oxygens (including phenoxy) is 1. The molecule has 1 saturated heterocycles. The lowest BCUT2D eigenvalue weighted by atomic mass is 9.92. The van der Waals surface area contributed by atoms with Gasteiger partial charge in [-0.3, -0.25) is 4.90 Å². The number of alkyl halides is 3. The zero-order chi connectivity index (χ0) is 22.9. The molecule has 3 N–H and O–H groups in total. The molecule has 7 nitrogen and oxygen atoms in total. The van der Waals surface area contributed by atoms with Crippen LogP contribution in [0.1, 0.15) is 54.7 Å². The minimum atomic E-state index is -4.71. The molecule has 1 fully saturated rings. The zero-order valence-corrected chi connectivity index (χ0v) is 17.6. The Labute approximate surface area is 173 Å². The second-order valence-electron chi connectivity index (χ2n) is 8.24. The molecule has 168 valence electrons. The summed E-state index contributed by atoms with van der Waals surface area (Å²) in [6, 6.07) is 0.614. The summed E-state index contributed by atoms with van der Waals surface area (Å²) in [5.41, 5.74) is 3.78. The first-order chi connectivity index (χ1) is 13.7. The van der Waals surface area contributed by atoms with Crippen molar-refractivity contribution in [3.63, 3.8) is 0 Å². The van der Waals surface area contributed by atoms with E-state index in [2.05, 4.69) is 0 Å². The molecule has 0 saturated carbocycles. The van der Waals surface area contributed by atoms with Crippen LogP contribution in [0, 0.1) is 0 Å². The van der Waals surface area contributed by atoms with E-state index in [1.807, 2.05) is 0 Å². The van der Waals surface area contributed by atoms with Crippen LogP contribution in [0.2, 0.25) is 0 Å². The number of halogens is 3. The minimum Gasteiger partial charge on any atom is -0.478 e. The summed E-state index contributed by atoms with van der Waals surface area (Å²) in [4.78, 5) is 26.9. The van der Waals surface area contributed by atoms with Crippen LogP contribution >= 0.6 is 0 Å². The number of hydrogen-bond acceptors (Lipinski definition) is 5. The number of nitrogens with two attached hydrogens (primary N) is 1. The average Bonchev–Trinajstić information content (AvgIpc) is 2.59. The van der Waals surface area contributed by atoms with E-state index in [0.717, 1.165) is 0 Å². The van der Waals surface area contributed by atoms with Crippen molar-refractivity contribution in [2.75, 3.05) is 31.9 Å². The first kappa shape index (κ1) is 23.8. The van der Waals surface area contributed by atoms with Gasteiger partial charge in [0.15, 0.2) is 0 Å². The number of anilines is 1. The topological polar surface area (TPSA) is 96.1 Å². The number of carboxylic acid groups (broad SMARTS) is 1. The molecule has 0 aliphatic carbocycles. The van der Waals surface area contributed by atoms with Gasteiger partial charge in [0.25, 0.3) is 0 Å². The van der Waals surface area contributed by atoms with E-state index in [9.17, 15) is 27.9 Å². The van der Waals surface area contributed by atoms with Crippen LogP contribution in [0.5, 0.6) is 0 Å². The Balaban J connectivity index is 2.26. The predicted octanol–water partition coefficient (Wildman–Crippen LogP) is 3.60. The summed E-state index contributed by atoms with van der Waals surface area (Å²) in [5.74, 6) is -1.50. The summed E-state index contributed by atoms with van der Waals surface area (Å²) in [6.45, 7) is 8.25.